The van der Waals surface area contributed by atoms with E-state index in [0.717, 1.165) is 80.5 Å². The molecule has 0 atom stereocenters. The van der Waals surface area contributed by atoms with E-state index >= 15 is 0 Å². The second-order valence-corrected chi connectivity index (χ2v) is 36.4. The van der Waals surface area contributed by atoms with Gasteiger partial charge < -0.3 is 0 Å². The fourth-order valence-electron chi connectivity index (χ4n) is 19.0. The molecule has 0 spiro atoms. The summed E-state index contributed by atoms with van der Waals surface area (Å²) in [5.74, 6) is 9.98. The lowest BCUT2D eigenvalue weighted by Crippen LogP contribution is -2.43. The van der Waals surface area contributed by atoms with Crippen LogP contribution in [0.15, 0.2) is 286 Å². The minimum Gasteiger partial charge on any atom is -0.227 e. The molecular formula is C110H130N15+9. The molecule has 15 heteroatoms. The largest absolute Gasteiger partial charge is 0.360 e. The number of pyridine rings is 3. The number of fused-ring (bicyclic) bond motifs is 2. The zero-order valence-electron chi connectivity index (χ0n) is 78.5. The molecule has 0 saturated heterocycles. The van der Waals surface area contributed by atoms with Crippen LogP contribution in [0.25, 0.3) is 125 Å². The molecule has 0 fully saturated rings. The van der Waals surface area contributed by atoms with Crippen molar-refractivity contribution in [2.75, 3.05) is 0 Å². The quantitative estimate of drug-likeness (QED) is 0.0683. The molecule has 9 heterocycles. The Bertz CT molecular complexity index is 6300. The third kappa shape index (κ3) is 16.0. The van der Waals surface area contributed by atoms with Gasteiger partial charge in [-0.1, -0.05) is 244 Å². The van der Waals surface area contributed by atoms with E-state index < -0.39 is 0 Å². The normalized spacial score (nSPS) is 11.8. The van der Waals surface area contributed by atoms with E-state index in [2.05, 4.69) is 517 Å². The monoisotopic (exact) mass is 1660 g/mol. The summed E-state index contributed by atoms with van der Waals surface area (Å²) in [5, 5.41) is 0. The standard InChI is InChI=1S/C46H54N5.C38H50N5.C26H26N5/c1-29(2)33-19-16-20-34(30(3)4)43(33)50-39-25-14-12-23-37(39)48(10)45(50)41-27-18-28-42(47(41)9)46-49(11)38-24-13-15-26-40(38)51(46)44-35(31(5)6)21-17-22-36(44)32(7)8;1-25(2)29-15-12-16-30(26(3)4)35(29)42-23-21-39(9)37(42)33-19-14-20-34(41(33)11)38-40(10)22-24-43(38)36-31(27(5)6)17-13-18-32(36)28(7)8;1-27-17-19-30(21-11-6-4-7-12-21)25(27)23-15-10-16-24(29(23)3)26-28(2)18-20-31(26)22-13-8-5-9-14-22/h12-32H,1-11H3;12-28H,1-11H3;4-20H,1-3H3/q3*+3. The maximum absolute atomic E-state index is 2.54. The van der Waals surface area contributed by atoms with Crippen molar-refractivity contribution in [2.45, 2.75) is 158 Å². The predicted octanol–water partition coefficient (Wildman–Crippen LogP) is 20.5. The molecule has 0 aliphatic carbocycles. The Morgan fingerprint density at radius 2 is 0.400 bits per heavy atom. The zero-order chi connectivity index (χ0) is 88.8. The molecule has 0 bridgehead atoms. The molecule has 9 aromatic heterocycles. The van der Waals surface area contributed by atoms with Crippen molar-refractivity contribution in [3.63, 3.8) is 0 Å². The van der Waals surface area contributed by atoms with E-state index in [1.54, 1.807) is 0 Å². The van der Waals surface area contributed by atoms with Gasteiger partial charge >= 0.3 is 34.9 Å². The molecular weight excluding hydrogens is 1530 g/mol. The predicted molar refractivity (Wildman–Crippen MR) is 506 cm³/mol. The Labute approximate surface area is 741 Å². The van der Waals surface area contributed by atoms with Crippen LogP contribution in [0.1, 0.15) is 203 Å². The van der Waals surface area contributed by atoms with Crippen molar-refractivity contribution in [1.82, 2.24) is 27.4 Å². The lowest BCUT2D eigenvalue weighted by Gasteiger charge is -2.18. The molecule has 0 radical (unpaired) electrons. The van der Waals surface area contributed by atoms with Crippen LogP contribution in [0.5, 0.6) is 0 Å². The van der Waals surface area contributed by atoms with E-state index in [4.69, 9.17) is 0 Å². The van der Waals surface area contributed by atoms with Gasteiger partial charge in [-0.3, -0.25) is 0 Å². The summed E-state index contributed by atoms with van der Waals surface area (Å²) < 4.78 is 35.0. The molecule has 15 nitrogen and oxygen atoms in total. The van der Waals surface area contributed by atoms with Gasteiger partial charge in [-0.05, 0) is 114 Å². The molecule has 636 valence electrons. The Kier molecular flexibility index (Phi) is 25.1. The summed E-state index contributed by atoms with van der Waals surface area (Å²) in [7, 11) is 19.5. The summed E-state index contributed by atoms with van der Waals surface area (Å²) in [6.45, 7) is 36.9. The Morgan fingerprint density at radius 3 is 0.656 bits per heavy atom. The minimum absolute atomic E-state index is 0.365. The van der Waals surface area contributed by atoms with Crippen LogP contribution in [0, 0.1) is 0 Å². The van der Waals surface area contributed by atoms with Gasteiger partial charge in [0.1, 0.15) is 105 Å². The number of aryl methyl sites for hydroxylation is 6. The van der Waals surface area contributed by atoms with Crippen molar-refractivity contribution in [3.8, 4) is 103 Å². The van der Waals surface area contributed by atoms with Crippen LogP contribution in [0.3, 0.4) is 0 Å². The number of imidazole rings is 6. The fraction of sp³-hybridized carbons (Fsp3) is 0.300. The summed E-state index contributed by atoms with van der Waals surface area (Å²) >= 11 is 0. The van der Waals surface area contributed by atoms with Crippen molar-refractivity contribution in [2.24, 2.45) is 63.4 Å². The highest BCUT2D eigenvalue weighted by Gasteiger charge is 2.42. The summed E-state index contributed by atoms with van der Waals surface area (Å²) in [6, 6.07) is 85.9. The van der Waals surface area contributed by atoms with Crippen molar-refractivity contribution in [1.29, 1.82) is 0 Å². The highest BCUT2D eigenvalue weighted by molar-refractivity contribution is 5.82. The molecule has 8 aromatic carbocycles. The minimum atomic E-state index is 0.365. The van der Waals surface area contributed by atoms with E-state index in [1.165, 1.54) is 89.3 Å². The first kappa shape index (κ1) is 86.9. The molecule has 0 unspecified atom stereocenters. The molecule has 17 rings (SSSR count). The maximum atomic E-state index is 2.54. The van der Waals surface area contributed by atoms with Gasteiger partial charge in [0.15, 0.2) is 22.1 Å². The number of nitrogens with zero attached hydrogens (tertiary/aromatic N) is 15. The highest BCUT2D eigenvalue weighted by Crippen LogP contribution is 2.41. The zero-order valence-corrected chi connectivity index (χ0v) is 78.5. The van der Waals surface area contributed by atoms with E-state index in [0.29, 0.717) is 47.3 Å². The van der Waals surface area contributed by atoms with Gasteiger partial charge in [-0.25, -0.2) is 27.4 Å². The molecule has 0 saturated carbocycles. The van der Waals surface area contributed by atoms with Crippen LogP contribution in [0.4, 0.5) is 0 Å². The number of aromatic nitrogens is 15. The number of hydrogen-bond donors (Lipinski definition) is 0. The summed E-state index contributed by atoms with van der Waals surface area (Å²) in [6.07, 6.45) is 17.2. The van der Waals surface area contributed by atoms with Crippen LogP contribution in [0.2, 0.25) is 0 Å². The van der Waals surface area contributed by atoms with E-state index in [-0.39, 0.29) is 0 Å². The first-order valence-corrected chi connectivity index (χ1v) is 44.9. The first-order chi connectivity index (χ1) is 60.0. The number of para-hydroxylation sites is 10. The van der Waals surface area contributed by atoms with Gasteiger partial charge in [0.2, 0.25) is 0 Å². The van der Waals surface area contributed by atoms with Crippen LogP contribution in [-0.4, -0.2) is 27.4 Å². The number of hydrogen-bond acceptors (Lipinski definition) is 0. The average molecular weight is 1660 g/mol. The third-order valence-electron chi connectivity index (χ3n) is 25.5. The smallest absolute Gasteiger partial charge is 0.227 e. The Morgan fingerprint density at radius 1 is 0.192 bits per heavy atom. The second-order valence-electron chi connectivity index (χ2n) is 36.4. The molecule has 125 heavy (non-hydrogen) atoms. The lowest BCUT2D eigenvalue weighted by atomic mass is 9.92. The molecule has 0 aliphatic heterocycles. The van der Waals surface area contributed by atoms with Gasteiger partial charge in [-0.2, -0.15) is 41.1 Å². The van der Waals surface area contributed by atoms with E-state index in [9.17, 15) is 0 Å². The average Bonchev–Trinajstić information content (AvgIpc) is 1.59. The van der Waals surface area contributed by atoms with Gasteiger partial charge in [0, 0.05) is 80.9 Å². The van der Waals surface area contributed by atoms with Crippen LogP contribution >= 0.6 is 0 Å². The van der Waals surface area contributed by atoms with Gasteiger partial charge in [0.25, 0.3) is 34.2 Å². The molecule has 0 aliphatic rings. The lowest BCUT2D eigenvalue weighted by molar-refractivity contribution is -0.697. The number of rotatable bonds is 20. The molecule has 0 N–H and O–H groups in total. The Hall–Kier alpha value is -13.0. The number of benzene rings is 8. The van der Waals surface area contributed by atoms with Crippen molar-refractivity contribution in [3.05, 3.63) is 331 Å². The molecule has 0 amide bonds. The van der Waals surface area contributed by atoms with Crippen LogP contribution < -0.4 is 41.1 Å². The second kappa shape index (κ2) is 36.1. The maximum Gasteiger partial charge on any atom is 0.360 e. The van der Waals surface area contributed by atoms with Crippen LogP contribution in [-0.2, 0) is 63.4 Å². The summed E-state index contributed by atoms with van der Waals surface area (Å²) in [5.41, 5.74) is 30.1. The Balaban J connectivity index is 0.000000149. The SMILES string of the molecule is CC(C)c1cccc(C(C)C)c1-n1c(-c2cccc(-c3n(-c4c(C(C)C)cccc4C(C)C)c4ccccc4[n+]3C)[n+]2C)[n+](C)c2ccccc21.CC(C)c1cccc(C(C)C)c1-n1cc[n+](C)c1-c1cccc(-c2n(-c3c(C(C)C)cccc3C(C)C)cc[n+]2C)[n+]1C.C[n+]1ccn(-c2ccccc2)c1-c1cccc(-c2n(-c3ccccc3)cc[n+]2C)[n+]1C. The topological polar surface area (TPSA) is 64.5 Å². The first-order valence-electron chi connectivity index (χ1n) is 44.9. The highest BCUT2D eigenvalue weighted by atomic mass is 15.2. The van der Waals surface area contributed by atoms with E-state index in [1.807, 2.05) is 12.1 Å². The van der Waals surface area contributed by atoms with Gasteiger partial charge in [-0.15, -0.1) is 0 Å². The van der Waals surface area contributed by atoms with Crippen molar-refractivity contribution >= 4 is 22.1 Å². The fourth-order valence-corrected chi connectivity index (χ4v) is 19.0. The van der Waals surface area contributed by atoms with Gasteiger partial charge in [0.05, 0.1) is 42.3 Å². The third-order valence-corrected chi connectivity index (χ3v) is 25.5. The summed E-state index contributed by atoms with van der Waals surface area (Å²) in [4.78, 5) is 0. The van der Waals surface area contributed by atoms with Crippen molar-refractivity contribution < 1.29 is 41.1 Å². The molecule has 17 aromatic rings.